The van der Waals surface area contributed by atoms with E-state index in [1.807, 2.05) is 24.3 Å². The number of hydrogen-bond donors (Lipinski definition) is 2. The predicted molar refractivity (Wildman–Crippen MR) is 99.3 cm³/mol. The van der Waals surface area contributed by atoms with E-state index in [9.17, 15) is 4.79 Å². The second kappa shape index (κ2) is 8.13. The van der Waals surface area contributed by atoms with E-state index in [2.05, 4.69) is 32.5 Å². The molecule has 0 aliphatic carbocycles. The Hall–Kier alpha value is -2.38. The van der Waals surface area contributed by atoms with E-state index in [-0.39, 0.29) is 6.03 Å². The number of aromatic nitrogens is 1. The number of rotatable bonds is 5. The maximum absolute atomic E-state index is 12.2. The summed E-state index contributed by atoms with van der Waals surface area (Å²) in [6.07, 6.45) is 1.68. The first-order valence-corrected chi connectivity index (χ1v) is 8.55. The highest BCUT2D eigenvalue weighted by Crippen LogP contribution is 2.28. The maximum Gasteiger partial charge on any atom is 0.319 e. The number of piperazine rings is 1. The number of urea groups is 1. The lowest BCUT2D eigenvalue weighted by atomic mass is 10.1. The van der Waals surface area contributed by atoms with E-state index in [0.29, 0.717) is 12.4 Å². The number of benzene rings is 1. The molecule has 0 unspecified atom stereocenters. The highest BCUT2D eigenvalue weighted by atomic mass is 16.5. The average molecular weight is 343 g/mol. The minimum atomic E-state index is -0.197. The number of nitrogens with one attached hydrogen (secondary N) is 2. The van der Waals surface area contributed by atoms with E-state index in [0.717, 1.165) is 49.2 Å². The van der Waals surface area contributed by atoms with Crippen LogP contribution in [0.2, 0.25) is 0 Å². The second-order valence-electron chi connectivity index (χ2n) is 6.25. The number of ether oxygens (including phenoxy) is 1. The van der Waals surface area contributed by atoms with E-state index in [1.54, 1.807) is 13.3 Å². The monoisotopic (exact) mass is 343 g/mol. The summed E-state index contributed by atoms with van der Waals surface area (Å²) in [6, 6.07) is 7.36. The lowest BCUT2D eigenvalue weighted by Crippen LogP contribution is -2.47. The zero-order valence-corrected chi connectivity index (χ0v) is 14.8. The quantitative estimate of drug-likeness (QED) is 0.863. The number of carbonyl (C=O) groups excluding carboxylic acids is 1. The van der Waals surface area contributed by atoms with Crippen molar-refractivity contribution in [1.82, 2.24) is 20.1 Å². The van der Waals surface area contributed by atoms with Gasteiger partial charge in [0.25, 0.3) is 0 Å². The molecule has 1 aliphatic rings. The molecule has 134 valence electrons. The molecule has 0 spiro atoms. The van der Waals surface area contributed by atoms with Crippen LogP contribution in [0.1, 0.15) is 0 Å². The van der Waals surface area contributed by atoms with Crippen LogP contribution >= 0.6 is 0 Å². The van der Waals surface area contributed by atoms with Gasteiger partial charge in [0.15, 0.2) is 0 Å². The van der Waals surface area contributed by atoms with Crippen LogP contribution in [0.3, 0.4) is 0 Å². The Labute approximate surface area is 148 Å². The van der Waals surface area contributed by atoms with Gasteiger partial charge in [-0.2, -0.15) is 0 Å². The van der Waals surface area contributed by atoms with Crippen LogP contribution in [0.4, 0.5) is 10.5 Å². The number of amides is 2. The largest absolute Gasteiger partial charge is 0.481 e. The first-order valence-electron chi connectivity index (χ1n) is 8.55. The molecule has 25 heavy (non-hydrogen) atoms. The average Bonchev–Trinajstić information content (AvgIpc) is 2.63. The molecule has 0 radical (unpaired) electrons. The van der Waals surface area contributed by atoms with Crippen LogP contribution in [0.25, 0.3) is 10.8 Å². The first-order chi connectivity index (χ1) is 12.2. The third-order valence-corrected chi connectivity index (χ3v) is 4.52. The summed E-state index contributed by atoms with van der Waals surface area (Å²) >= 11 is 0. The summed E-state index contributed by atoms with van der Waals surface area (Å²) < 4.78 is 5.28. The molecule has 1 aromatic carbocycles. The minimum Gasteiger partial charge on any atom is -0.481 e. The van der Waals surface area contributed by atoms with Gasteiger partial charge in [0.2, 0.25) is 5.88 Å². The highest BCUT2D eigenvalue weighted by Gasteiger charge is 2.13. The van der Waals surface area contributed by atoms with Crippen LogP contribution in [-0.4, -0.2) is 74.2 Å². The van der Waals surface area contributed by atoms with Gasteiger partial charge in [-0.15, -0.1) is 0 Å². The van der Waals surface area contributed by atoms with Crippen molar-refractivity contribution >= 4 is 22.5 Å². The summed E-state index contributed by atoms with van der Waals surface area (Å²) in [5.41, 5.74) is 0.746. The van der Waals surface area contributed by atoms with Gasteiger partial charge in [-0.25, -0.2) is 9.78 Å². The van der Waals surface area contributed by atoms with Gasteiger partial charge in [-0.1, -0.05) is 6.07 Å². The van der Waals surface area contributed by atoms with E-state index in [1.165, 1.54) is 0 Å². The van der Waals surface area contributed by atoms with Crippen LogP contribution in [0.5, 0.6) is 5.88 Å². The molecule has 2 N–H and O–H groups in total. The minimum absolute atomic E-state index is 0.197. The van der Waals surface area contributed by atoms with Crippen molar-refractivity contribution in [2.24, 2.45) is 0 Å². The van der Waals surface area contributed by atoms with Gasteiger partial charge in [0.05, 0.1) is 12.8 Å². The van der Waals surface area contributed by atoms with E-state index in [4.69, 9.17) is 4.74 Å². The molecule has 3 rings (SSSR count). The molecule has 1 fully saturated rings. The van der Waals surface area contributed by atoms with Gasteiger partial charge in [0, 0.05) is 56.2 Å². The SMILES string of the molecule is COc1nccc2c(NC(=O)NCCN3CCN(C)CC3)cccc12. The number of likely N-dealkylation sites (N-methyl/N-ethyl adjacent to an activating group) is 1. The fourth-order valence-corrected chi connectivity index (χ4v) is 3.02. The molecule has 1 saturated heterocycles. The molecule has 2 heterocycles. The molecule has 1 aliphatic heterocycles. The zero-order chi connectivity index (χ0) is 17.6. The number of hydrogen-bond acceptors (Lipinski definition) is 5. The van der Waals surface area contributed by atoms with Crippen molar-refractivity contribution in [1.29, 1.82) is 0 Å². The summed E-state index contributed by atoms with van der Waals surface area (Å²) in [5, 5.41) is 7.63. The van der Waals surface area contributed by atoms with Crippen molar-refractivity contribution in [3.63, 3.8) is 0 Å². The topological polar surface area (TPSA) is 69.7 Å². The number of fused-ring (bicyclic) bond motifs is 1. The van der Waals surface area contributed by atoms with Crippen molar-refractivity contribution in [2.45, 2.75) is 0 Å². The van der Waals surface area contributed by atoms with Crippen molar-refractivity contribution in [3.05, 3.63) is 30.5 Å². The van der Waals surface area contributed by atoms with Crippen LogP contribution in [0.15, 0.2) is 30.5 Å². The number of nitrogens with zero attached hydrogens (tertiary/aromatic N) is 3. The molecular formula is C18H25N5O2. The van der Waals surface area contributed by atoms with Gasteiger partial charge in [-0.05, 0) is 25.2 Å². The fraction of sp³-hybridized carbons (Fsp3) is 0.444. The Morgan fingerprint density at radius 2 is 2.00 bits per heavy atom. The number of methoxy groups -OCH3 is 1. The third-order valence-electron chi connectivity index (χ3n) is 4.52. The molecule has 2 aromatic rings. The number of carbonyl (C=O) groups is 1. The first kappa shape index (κ1) is 17.4. The third kappa shape index (κ3) is 4.37. The molecule has 7 heteroatoms. The molecule has 0 bridgehead atoms. The summed E-state index contributed by atoms with van der Waals surface area (Å²) in [4.78, 5) is 21.1. The molecule has 1 aromatic heterocycles. The normalized spacial score (nSPS) is 15.9. The van der Waals surface area contributed by atoms with Crippen LogP contribution in [0, 0.1) is 0 Å². The smallest absolute Gasteiger partial charge is 0.319 e. The summed E-state index contributed by atoms with van der Waals surface area (Å²) in [6.45, 7) is 5.77. The van der Waals surface area contributed by atoms with Crippen LogP contribution in [-0.2, 0) is 0 Å². The Balaban J connectivity index is 1.55. The fourth-order valence-electron chi connectivity index (χ4n) is 3.02. The maximum atomic E-state index is 12.2. The molecule has 7 nitrogen and oxygen atoms in total. The number of pyridine rings is 1. The summed E-state index contributed by atoms with van der Waals surface area (Å²) in [5.74, 6) is 0.552. The van der Waals surface area contributed by atoms with Crippen molar-refractivity contribution in [3.8, 4) is 5.88 Å². The number of anilines is 1. The van der Waals surface area contributed by atoms with Gasteiger partial charge >= 0.3 is 6.03 Å². The second-order valence-corrected chi connectivity index (χ2v) is 6.25. The molecule has 0 atom stereocenters. The van der Waals surface area contributed by atoms with Crippen molar-refractivity contribution < 1.29 is 9.53 Å². The zero-order valence-electron chi connectivity index (χ0n) is 14.8. The van der Waals surface area contributed by atoms with Crippen molar-refractivity contribution in [2.75, 3.05) is 58.7 Å². The predicted octanol–water partition coefficient (Wildman–Crippen LogP) is 1.61. The van der Waals surface area contributed by atoms with E-state index >= 15 is 0 Å². The van der Waals surface area contributed by atoms with Crippen LogP contribution < -0.4 is 15.4 Å². The highest BCUT2D eigenvalue weighted by molar-refractivity contribution is 6.02. The Bertz CT molecular complexity index is 728. The Morgan fingerprint density at radius 3 is 2.76 bits per heavy atom. The molecular weight excluding hydrogens is 318 g/mol. The van der Waals surface area contributed by atoms with Gasteiger partial charge < -0.3 is 20.3 Å². The molecule has 0 saturated carbocycles. The van der Waals surface area contributed by atoms with E-state index < -0.39 is 0 Å². The standard InChI is InChI=1S/C18H25N5O2/c1-22-10-12-23(13-11-22)9-8-20-18(24)21-16-5-3-4-15-14(16)6-7-19-17(15)25-2/h3-7H,8-13H2,1-2H3,(H2,20,21,24). The Morgan fingerprint density at radius 1 is 1.20 bits per heavy atom. The van der Waals surface area contributed by atoms with Gasteiger partial charge in [0.1, 0.15) is 0 Å². The lowest BCUT2D eigenvalue weighted by Gasteiger charge is -2.32. The lowest BCUT2D eigenvalue weighted by molar-refractivity contribution is 0.155. The summed E-state index contributed by atoms with van der Waals surface area (Å²) in [7, 11) is 3.73. The Kier molecular flexibility index (Phi) is 5.67. The molecule has 2 amide bonds. The van der Waals surface area contributed by atoms with Gasteiger partial charge in [-0.3, -0.25) is 4.90 Å².